The zero-order valence-corrected chi connectivity index (χ0v) is 12.9. The molecule has 1 aromatic rings. The normalized spacial score (nSPS) is 25.8. The van der Waals surface area contributed by atoms with E-state index in [1.807, 2.05) is 57.1 Å². The van der Waals surface area contributed by atoms with E-state index in [1.54, 1.807) is 4.90 Å². The van der Waals surface area contributed by atoms with Crippen molar-refractivity contribution in [2.45, 2.75) is 26.3 Å². The van der Waals surface area contributed by atoms with Crippen LogP contribution in [0.5, 0.6) is 0 Å². The van der Waals surface area contributed by atoms with Crippen molar-refractivity contribution in [2.24, 2.45) is 11.8 Å². The smallest absolute Gasteiger partial charge is 0.308 e. The zero-order valence-electron chi connectivity index (χ0n) is 12.9. The standard InChI is InChI=1S/C16H22N2O3/c1-10-9-14(19)18(11(2)15(10)16(20)21)13-7-5-12(6-8-13)17(3)4/h5-8,10-11,15H,9H2,1-4H3,(H,20,21). The summed E-state index contributed by atoms with van der Waals surface area (Å²) < 4.78 is 0. The lowest BCUT2D eigenvalue weighted by Gasteiger charge is -2.40. The fourth-order valence-corrected chi connectivity index (χ4v) is 3.10. The summed E-state index contributed by atoms with van der Waals surface area (Å²) in [6.07, 6.45) is 0.275. The molecule has 1 aliphatic rings. The summed E-state index contributed by atoms with van der Waals surface area (Å²) in [7, 11) is 3.90. The lowest BCUT2D eigenvalue weighted by Crippen LogP contribution is -2.53. The Kier molecular flexibility index (Phi) is 4.21. The van der Waals surface area contributed by atoms with Gasteiger partial charge in [0.1, 0.15) is 0 Å². The maximum atomic E-state index is 12.3. The summed E-state index contributed by atoms with van der Waals surface area (Å²) in [5, 5.41) is 9.40. The van der Waals surface area contributed by atoms with Gasteiger partial charge in [0.25, 0.3) is 0 Å². The molecule has 1 aliphatic heterocycles. The van der Waals surface area contributed by atoms with Gasteiger partial charge in [0.15, 0.2) is 0 Å². The summed E-state index contributed by atoms with van der Waals surface area (Å²) in [5.74, 6) is -1.51. The SMILES string of the molecule is CC1CC(=O)N(c2ccc(N(C)C)cc2)C(C)C1C(=O)O. The van der Waals surface area contributed by atoms with Crippen molar-refractivity contribution in [3.05, 3.63) is 24.3 Å². The first-order valence-corrected chi connectivity index (χ1v) is 7.15. The third-order valence-corrected chi connectivity index (χ3v) is 4.23. The molecule has 0 bridgehead atoms. The van der Waals surface area contributed by atoms with E-state index in [0.29, 0.717) is 0 Å². The molecule has 5 heteroatoms. The lowest BCUT2D eigenvalue weighted by atomic mass is 9.81. The van der Waals surface area contributed by atoms with Crippen LogP contribution in [0.2, 0.25) is 0 Å². The van der Waals surface area contributed by atoms with Crippen LogP contribution in [0.25, 0.3) is 0 Å². The minimum absolute atomic E-state index is 0.00916. The molecule has 3 unspecified atom stereocenters. The second kappa shape index (κ2) is 5.76. The Morgan fingerprint density at radius 1 is 1.24 bits per heavy atom. The molecule has 0 aromatic heterocycles. The minimum Gasteiger partial charge on any atom is -0.481 e. The Hall–Kier alpha value is -2.04. The van der Waals surface area contributed by atoms with Gasteiger partial charge in [0, 0.05) is 37.9 Å². The average Bonchev–Trinajstić information content (AvgIpc) is 2.38. The van der Waals surface area contributed by atoms with Gasteiger partial charge in [-0.05, 0) is 37.1 Å². The van der Waals surface area contributed by atoms with Crippen molar-refractivity contribution in [3.8, 4) is 0 Å². The molecular formula is C16H22N2O3. The number of aliphatic carboxylic acids is 1. The molecule has 5 nitrogen and oxygen atoms in total. The van der Waals surface area contributed by atoms with E-state index in [1.165, 1.54) is 0 Å². The number of rotatable bonds is 3. The monoisotopic (exact) mass is 290 g/mol. The Labute approximate surface area is 125 Å². The molecule has 0 saturated carbocycles. The third kappa shape index (κ3) is 2.86. The van der Waals surface area contributed by atoms with Crippen LogP contribution in [0.3, 0.4) is 0 Å². The van der Waals surface area contributed by atoms with Crippen LogP contribution in [0, 0.1) is 11.8 Å². The molecule has 0 spiro atoms. The number of anilines is 2. The maximum Gasteiger partial charge on any atom is 0.308 e. The first-order chi connectivity index (χ1) is 9.82. The molecule has 0 radical (unpaired) electrons. The van der Waals surface area contributed by atoms with Gasteiger partial charge in [0.2, 0.25) is 5.91 Å². The summed E-state index contributed by atoms with van der Waals surface area (Å²) in [6, 6.07) is 7.27. The highest BCUT2D eigenvalue weighted by Crippen LogP contribution is 2.34. The molecule has 1 saturated heterocycles. The summed E-state index contributed by atoms with van der Waals surface area (Å²) in [6.45, 7) is 3.64. The Morgan fingerprint density at radius 2 is 1.81 bits per heavy atom. The van der Waals surface area contributed by atoms with Crippen molar-refractivity contribution in [1.29, 1.82) is 0 Å². The van der Waals surface area contributed by atoms with Gasteiger partial charge >= 0.3 is 5.97 Å². The maximum absolute atomic E-state index is 12.3. The molecular weight excluding hydrogens is 268 g/mol. The Bertz CT molecular complexity index is 539. The number of carboxylic acid groups (broad SMARTS) is 1. The Balaban J connectivity index is 2.32. The zero-order chi connectivity index (χ0) is 15.7. The largest absolute Gasteiger partial charge is 0.481 e. The van der Waals surface area contributed by atoms with Gasteiger partial charge in [-0.15, -0.1) is 0 Å². The predicted octanol–water partition coefficient (Wildman–Crippen LogP) is 2.21. The highest BCUT2D eigenvalue weighted by molar-refractivity contribution is 5.96. The van der Waals surface area contributed by atoms with Crippen LogP contribution in [0.1, 0.15) is 20.3 Å². The highest BCUT2D eigenvalue weighted by Gasteiger charge is 2.42. The molecule has 1 fully saturated rings. The van der Waals surface area contributed by atoms with Crippen LogP contribution in [-0.2, 0) is 9.59 Å². The molecule has 2 rings (SSSR count). The van der Waals surface area contributed by atoms with Gasteiger partial charge in [-0.25, -0.2) is 0 Å². The molecule has 114 valence electrons. The minimum atomic E-state index is -0.836. The first kappa shape index (κ1) is 15.4. The number of nitrogens with zero attached hydrogens (tertiary/aromatic N) is 2. The number of carbonyl (C=O) groups excluding carboxylic acids is 1. The average molecular weight is 290 g/mol. The summed E-state index contributed by atoms with van der Waals surface area (Å²) in [5.41, 5.74) is 1.80. The van der Waals surface area contributed by atoms with Gasteiger partial charge in [-0.3, -0.25) is 9.59 Å². The van der Waals surface area contributed by atoms with Gasteiger partial charge in [-0.1, -0.05) is 6.92 Å². The van der Waals surface area contributed by atoms with Crippen molar-refractivity contribution in [3.63, 3.8) is 0 Å². The predicted molar refractivity (Wildman–Crippen MR) is 82.6 cm³/mol. The summed E-state index contributed by atoms with van der Waals surface area (Å²) >= 11 is 0. The fourth-order valence-electron chi connectivity index (χ4n) is 3.10. The molecule has 21 heavy (non-hydrogen) atoms. The second-order valence-electron chi connectivity index (χ2n) is 5.96. The van der Waals surface area contributed by atoms with E-state index < -0.39 is 11.9 Å². The number of hydrogen-bond donors (Lipinski definition) is 1. The molecule has 1 aromatic carbocycles. The van der Waals surface area contributed by atoms with Crippen LogP contribution in [-0.4, -0.2) is 37.1 Å². The quantitative estimate of drug-likeness (QED) is 0.927. The number of carbonyl (C=O) groups is 2. The third-order valence-electron chi connectivity index (χ3n) is 4.23. The first-order valence-electron chi connectivity index (χ1n) is 7.15. The van der Waals surface area contributed by atoms with Crippen LogP contribution < -0.4 is 9.80 Å². The van der Waals surface area contributed by atoms with Crippen molar-refractivity contribution in [2.75, 3.05) is 23.9 Å². The molecule has 1 N–H and O–H groups in total. The summed E-state index contributed by atoms with van der Waals surface area (Å²) in [4.78, 5) is 27.4. The number of hydrogen-bond acceptors (Lipinski definition) is 3. The van der Waals surface area contributed by atoms with E-state index in [0.717, 1.165) is 11.4 Å². The number of carboxylic acids is 1. The Morgan fingerprint density at radius 3 is 2.29 bits per heavy atom. The number of amides is 1. The molecule has 1 amide bonds. The van der Waals surface area contributed by atoms with Crippen LogP contribution >= 0.6 is 0 Å². The second-order valence-corrected chi connectivity index (χ2v) is 5.96. The van der Waals surface area contributed by atoms with Crippen molar-refractivity contribution >= 4 is 23.3 Å². The lowest BCUT2D eigenvalue weighted by molar-refractivity contribution is -0.146. The van der Waals surface area contributed by atoms with E-state index in [-0.39, 0.29) is 24.3 Å². The van der Waals surface area contributed by atoms with E-state index >= 15 is 0 Å². The number of piperidine rings is 1. The topological polar surface area (TPSA) is 60.9 Å². The molecule has 0 aliphatic carbocycles. The number of benzene rings is 1. The van der Waals surface area contributed by atoms with Crippen LogP contribution in [0.4, 0.5) is 11.4 Å². The van der Waals surface area contributed by atoms with Gasteiger partial charge in [-0.2, -0.15) is 0 Å². The van der Waals surface area contributed by atoms with Crippen molar-refractivity contribution in [1.82, 2.24) is 0 Å². The highest BCUT2D eigenvalue weighted by atomic mass is 16.4. The fraction of sp³-hybridized carbons (Fsp3) is 0.500. The van der Waals surface area contributed by atoms with Crippen molar-refractivity contribution < 1.29 is 14.7 Å². The van der Waals surface area contributed by atoms with Gasteiger partial charge < -0.3 is 14.9 Å². The molecule has 3 atom stereocenters. The van der Waals surface area contributed by atoms with Crippen LogP contribution in [0.15, 0.2) is 24.3 Å². The van der Waals surface area contributed by atoms with Gasteiger partial charge in [0.05, 0.1) is 5.92 Å². The molecule has 1 heterocycles. The van der Waals surface area contributed by atoms with E-state index in [9.17, 15) is 14.7 Å². The van der Waals surface area contributed by atoms with E-state index in [2.05, 4.69) is 0 Å². The van der Waals surface area contributed by atoms with E-state index in [4.69, 9.17) is 0 Å².